The molecule has 0 spiro atoms. The van der Waals surface area contributed by atoms with Crippen molar-refractivity contribution in [1.29, 1.82) is 0 Å². The molecule has 14 rings (SSSR count). The summed E-state index contributed by atoms with van der Waals surface area (Å²) in [7, 11) is 3.43. The summed E-state index contributed by atoms with van der Waals surface area (Å²) in [6.45, 7) is 8.61. The molecule has 6 nitrogen and oxygen atoms in total. The van der Waals surface area contributed by atoms with Gasteiger partial charge in [0.15, 0.2) is 0 Å². The molecule has 2 aliphatic carbocycles. The van der Waals surface area contributed by atoms with Gasteiger partial charge < -0.3 is 28.7 Å². The molecule has 0 aliphatic heterocycles. The van der Waals surface area contributed by atoms with E-state index in [-0.39, 0.29) is 0 Å². The maximum atomic E-state index is 6.03. The number of hydrogen-bond donors (Lipinski definition) is 0. The van der Waals surface area contributed by atoms with Crippen molar-refractivity contribution in [2.24, 2.45) is 0 Å². The lowest BCUT2D eigenvalue weighted by Gasteiger charge is -2.35. The largest absolute Gasteiger partial charge is 0.497 e. The number of methoxy groups -OCH3 is 2. The number of anilines is 6. The molecule has 0 radical (unpaired) electrons. The molecule has 2 aliphatic rings. The van der Waals surface area contributed by atoms with Crippen LogP contribution in [-0.2, 0) is 10.8 Å². The molecule has 12 aromatic carbocycles. The van der Waals surface area contributed by atoms with E-state index in [0.29, 0.717) is 13.2 Å². The molecule has 0 aromatic heterocycles. The Morgan fingerprint density at radius 3 is 0.932 bits per heavy atom. The summed E-state index contributed by atoms with van der Waals surface area (Å²) in [6, 6.07) is 105. The van der Waals surface area contributed by atoms with Gasteiger partial charge in [-0.25, -0.2) is 0 Å². The molecule has 88 heavy (non-hydrogen) atoms. The third-order valence-corrected chi connectivity index (χ3v) is 17.5. The lowest BCUT2D eigenvalue weighted by atomic mass is 9.67. The van der Waals surface area contributed by atoms with E-state index in [4.69, 9.17) is 18.9 Å². The first-order valence-electron chi connectivity index (χ1n) is 29.8. The quantitative estimate of drug-likeness (QED) is 0.0752. The zero-order valence-corrected chi connectivity index (χ0v) is 49.2. The minimum absolute atomic E-state index is 0.432. The second kappa shape index (κ2) is 23.4. The molecule has 0 saturated heterocycles. The zero-order valence-electron chi connectivity index (χ0n) is 49.2. The van der Waals surface area contributed by atoms with E-state index in [1.165, 1.54) is 44.5 Å². The Morgan fingerprint density at radius 1 is 0.295 bits per heavy atom. The maximum Gasteiger partial charge on any atom is 0.119 e. The van der Waals surface area contributed by atoms with Gasteiger partial charge in [0.2, 0.25) is 0 Å². The SMILES string of the molecule is C=CCOc1ccc(C2(c3ccc(OC)cc3)c3ccccc3-c3ccc(N(c4ccccc4)c4ccc(-c5ccc(N(c6ccccc6)c6ccc7c(c6)C(c6ccc(OC)cc6)(c6ccc(OCC=C)cc6)c6ccccc6-7)cc5)cc4)cc32)cc1. The van der Waals surface area contributed by atoms with Gasteiger partial charge in [-0.05, 0) is 199 Å². The summed E-state index contributed by atoms with van der Waals surface area (Å²) < 4.78 is 23.5. The molecule has 0 amide bonds. The summed E-state index contributed by atoms with van der Waals surface area (Å²) in [4.78, 5) is 4.73. The van der Waals surface area contributed by atoms with Gasteiger partial charge in [0.1, 0.15) is 36.2 Å². The Morgan fingerprint density at radius 2 is 0.591 bits per heavy atom. The molecule has 2 unspecified atom stereocenters. The van der Waals surface area contributed by atoms with Gasteiger partial charge in [-0.2, -0.15) is 0 Å². The molecule has 12 aromatic rings. The molecule has 426 valence electrons. The molecular weight excluding hydrogens is 1080 g/mol. The molecule has 0 heterocycles. The van der Waals surface area contributed by atoms with Crippen LogP contribution in [0.5, 0.6) is 23.0 Å². The van der Waals surface area contributed by atoms with Gasteiger partial charge in [0, 0.05) is 34.1 Å². The van der Waals surface area contributed by atoms with Gasteiger partial charge in [-0.3, -0.25) is 0 Å². The van der Waals surface area contributed by atoms with Crippen molar-refractivity contribution >= 4 is 34.1 Å². The monoisotopic (exact) mass is 1140 g/mol. The number of hydrogen-bond acceptors (Lipinski definition) is 6. The molecule has 0 bridgehead atoms. The van der Waals surface area contributed by atoms with Crippen LogP contribution >= 0.6 is 0 Å². The van der Waals surface area contributed by atoms with E-state index in [1.54, 1.807) is 26.4 Å². The van der Waals surface area contributed by atoms with Crippen LogP contribution in [0.3, 0.4) is 0 Å². The average molecular weight is 1140 g/mol. The lowest BCUT2D eigenvalue weighted by molar-refractivity contribution is 0.363. The van der Waals surface area contributed by atoms with Crippen LogP contribution in [0.2, 0.25) is 0 Å². The smallest absolute Gasteiger partial charge is 0.119 e. The molecule has 2 atom stereocenters. The van der Waals surface area contributed by atoms with Crippen molar-refractivity contribution in [3.05, 3.63) is 361 Å². The van der Waals surface area contributed by atoms with Crippen molar-refractivity contribution in [3.8, 4) is 56.4 Å². The highest BCUT2D eigenvalue weighted by molar-refractivity contribution is 5.92. The summed E-state index contributed by atoms with van der Waals surface area (Å²) in [5.74, 6) is 3.20. The third-order valence-electron chi connectivity index (χ3n) is 17.5. The second-order valence-corrected chi connectivity index (χ2v) is 22.2. The average Bonchev–Trinajstić information content (AvgIpc) is 1.55. The Bertz CT molecular complexity index is 4180. The first-order chi connectivity index (χ1) is 43.4. The Kier molecular flexibility index (Phi) is 14.6. The highest BCUT2D eigenvalue weighted by Gasteiger charge is 2.48. The molecule has 6 heteroatoms. The number of ether oxygens (including phenoxy) is 4. The number of fused-ring (bicyclic) bond motifs is 6. The van der Waals surface area contributed by atoms with E-state index in [1.807, 2.05) is 0 Å². The maximum absolute atomic E-state index is 6.03. The lowest BCUT2D eigenvalue weighted by Crippen LogP contribution is -2.28. The van der Waals surface area contributed by atoms with Gasteiger partial charge in [-0.1, -0.05) is 195 Å². The topological polar surface area (TPSA) is 43.4 Å². The van der Waals surface area contributed by atoms with Crippen molar-refractivity contribution < 1.29 is 18.9 Å². The fourth-order valence-electron chi connectivity index (χ4n) is 13.6. The van der Waals surface area contributed by atoms with Crippen molar-refractivity contribution in [3.63, 3.8) is 0 Å². The van der Waals surface area contributed by atoms with Crippen molar-refractivity contribution in [1.82, 2.24) is 0 Å². The summed E-state index contributed by atoms with van der Waals surface area (Å²) in [5, 5.41) is 0. The van der Waals surface area contributed by atoms with Crippen LogP contribution in [0, 0.1) is 0 Å². The van der Waals surface area contributed by atoms with Crippen LogP contribution in [0.25, 0.3) is 33.4 Å². The van der Waals surface area contributed by atoms with Crippen molar-refractivity contribution in [2.45, 2.75) is 10.8 Å². The minimum Gasteiger partial charge on any atom is -0.497 e. The minimum atomic E-state index is -0.664. The summed E-state index contributed by atoms with van der Waals surface area (Å²) >= 11 is 0. The highest BCUT2D eigenvalue weighted by Crippen LogP contribution is 2.60. The van der Waals surface area contributed by atoms with E-state index in [0.717, 1.165) is 90.5 Å². The first-order valence-corrected chi connectivity index (χ1v) is 29.8. The van der Waals surface area contributed by atoms with Crippen LogP contribution in [0.4, 0.5) is 34.1 Å². The zero-order chi connectivity index (χ0) is 59.6. The first kappa shape index (κ1) is 54.8. The van der Waals surface area contributed by atoms with Crippen LogP contribution in [0.1, 0.15) is 44.5 Å². The van der Waals surface area contributed by atoms with Gasteiger partial charge in [-0.15, -0.1) is 0 Å². The standard InChI is InChI=1S/C82H64N2O4/c1-5-53-87-71-47-33-61(34-48-71)81(59-29-43-69(85-3)44-30-59)77-23-15-13-21-73(77)75-51-41-67(55-79(75)81)83(63-17-9-7-10-18-63)65-37-25-57(26-38-65)58-27-39-66(40-28-58)84(64-19-11-8-12-20-64)68-42-52-76-74-22-14-16-24-78(74)82(80(76)56-68,60-31-45-70(86-4)46-32-60)62-35-49-72(50-36-62)88-54-6-2/h5-52,55-56H,1-2,53-54H2,3-4H3. The number of para-hydroxylation sites is 2. The molecule has 0 fully saturated rings. The predicted molar refractivity (Wildman–Crippen MR) is 360 cm³/mol. The van der Waals surface area contributed by atoms with Crippen LogP contribution in [0.15, 0.2) is 316 Å². The highest BCUT2D eigenvalue weighted by atomic mass is 16.5. The number of nitrogens with zero attached hydrogens (tertiary/aromatic N) is 2. The van der Waals surface area contributed by atoms with Gasteiger partial charge >= 0.3 is 0 Å². The fraction of sp³-hybridized carbons (Fsp3) is 0.0732. The molecule has 0 saturated carbocycles. The van der Waals surface area contributed by atoms with Gasteiger partial charge in [0.05, 0.1) is 25.0 Å². The second-order valence-electron chi connectivity index (χ2n) is 22.2. The Hall–Kier alpha value is -11.1. The number of rotatable bonds is 19. The van der Waals surface area contributed by atoms with E-state index in [9.17, 15) is 0 Å². The molecule has 0 N–H and O–H groups in total. The Balaban J connectivity index is 0.842. The molecular formula is C82H64N2O4. The fourth-order valence-corrected chi connectivity index (χ4v) is 13.6. The van der Waals surface area contributed by atoms with Crippen molar-refractivity contribution in [2.75, 3.05) is 37.2 Å². The van der Waals surface area contributed by atoms with E-state index >= 15 is 0 Å². The van der Waals surface area contributed by atoms with E-state index in [2.05, 4.69) is 314 Å². The summed E-state index contributed by atoms with van der Waals surface area (Å²) in [5.41, 5.74) is 21.4. The summed E-state index contributed by atoms with van der Waals surface area (Å²) in [6.07, 6.45) is 3.55. The van der Waals surface area contributed by atoms with E-state index < -0.39 is 10.8 Å². The van der Waals surface area contributed by atoms with Crippen LogP contribution in [-0.4, -0.2) is 27.4 Å². The predicted octanol–water partition coefficient (Wildman–Crippen LogP) is 20.2. The number of benzene rings is 12. The Labute approximate surface area is 515 Å². The van der Waals surface area contributed by atoms with Crippen LogP contribution < -0.4 is 28.7 Å². The van der Waals surface area contributed by atoms with Gasteiger partial charge in [0.25, 0.3) is 0 Å². The normalized spacial score (nSPS) is 15.0. The third kappa shape index (κ3) is 9.38.